The van der Waals surface area contributed by atoms with E-state index >= 15 is 0 Å². The van der Waals surface area contributed by atoms with E-state index in [1.54, 1.807) is 15.6 Å². The van der Waals surface area contributed by atoms with Crippen molar-refractivity contribution in [3.63, 3.8) is 0 Å². The van der Waals surface area contributed by atoms with Crippen LogP contribution in [0.5, 0.6) is 0 Å². The van der Waals surface area contributed by atoms with E-state index in [2.05, 4.69) is 10.2 Å². The van der Waals surface area contributed by atoms with Crippen molar-refractivity contribution < 1.29 is 8.42 Å². The molecule has 0 amide bonds. The average Bonchev–Trinajstić information content (AvgIpc) is 2.82. The van der Waals surface area contributed by atoms with Gasteiger partial charge in [0.25, 0.3) is 9.05 Å². The molecule has 0 fully saturated rings. The zero-order chi connectivity index (χ0) is 12.5. The molecule has 92 valence electrons. The summed E-state index contributed by atoms with van der Waals surface area (Å²) in [6, 6.07) is 0. The lowest BCUT2D eigenvalue weighted by Crippen LogP contribution is -2.01. The Hall–Kier alpha value is -1.34. The number of rotatable bonds is 4. The molecule has 0 aromatic carbocycles. The molecule has 2 rings (SSSR count). The van der Waals surface area contributed by atoms with Crippen LogP contribution in [0.1, 0.15) is 5.56 Å². The summed E-state index contributed by atoms with van der Waals surface area (Å²) in [6.45, 7) is 0.581. The number of aromatic nitrogens is 4. The van der Waals surface area contributed by atoms with Crippen molar-refractivity contribution in [2.75, 3.05) is 0 Å². The maximum atomic E-state index is 11.0. The Morgan fingerprint density at radius 2 is 2.06 bits per heavy atom. The molecule has 2 aromatic rings. The molecule has 0 aliphatic carbocycles. The monoisotopic (exact) mass is 274 g/mol. The van der Waals surface area contributed by atoms with E-state index in [1.807, 2.05) is 13.2 Å². The van der Waals surface area contributed by atoms with Crippen molar-refractivity contribution in [2.24, 2.45) is 7.05 Å². The summed E-state index contributed by atoms with van der Waals surface area (Å²) < 4.78 is 25.3. The lowest BCUT2D eigenvalue weighted by atomic mass is 10.2. The predicted molar refractivity (Wildman–Crippen MR) is 62.2 cm³/mol. The molecule has 8 heteroatoms. The number of hydrogen-bond acceptors (Lipinski definition) is 4. The average molecular weight is 275 g/mol. The first-order valence-electron chi connectivity index (χ1n) is 4.90. The topological polar surface area (TPSA) is 69.8 Å². The van der Waals surface area contributed by atoms with Crippen LogP contribution in [0.2, 0.25) is 0 Å². The number of halogens is 1. The van der Waals surface area contributed by atoms with E-state index in [1.165, 1.54) is 12.4 Å². The number of aryl methyl sites for hydroxylation is 3. The van der Waals surface area contributed by atoms with Crippen molar-refractivity contribution in [1.82, 2.24) is 19.6 Å². The minimum Gasteiger partial charge on any atom is -0.276 e. The maximum Gasteiger partial charge on any atom is 0.264 e. The molecule has 0 saturated heterocycles. The van der Waals surface area contributed by atoms with Gasteiger partial charge < -0.3 is 0 Å². The Morgan fingerprint density at radius 1 is 1.29 bits per heavy atom. The highest BCUT2D eigenvalue weighted by atomic mass is 35.7. The van der Waals surface area contributed by atoms with Crippen LogP contribution in [-0.2, 0) is 29.1 Å². The molecule has 0 atom stereocenters. The van der Waals surface area contributed by atoms with Gasteiger partial charge in [0.15, 0.2) is 0 Å². The van der Waals surface area contributed by atoms with Crippen LogP contribution in [0.15, 0.2) is 29.7 Å². The van der Waals surface area contributed by atoms with Crippen molar-refractivity contribution in [3.8, 4) is 0 Å². The predicted octanol–water partition coefficient (Wildman–Crippen LogP) is 0.787. The lowest BCUT2D eigenvalue weighted by molar-refractivity contribution is 0.605. The first kappa shape index (κ1) is 12.1. The van der Waals surface area contributed by atoms with Gasteiger partial charge in [0, 0.05) is 36.7 Å². The molecule has 0 radical (unpaired) electrons. The second-order valence-corrected chi connectivity index (χ2v) is 6.22. The summed E-state index contributed by atoms with van der Waals surface area (Å²) >= 11 is 0. The number of hydrogen-bond donors (Lipinski definition) is 0. The normalized spacial score (nSPS) is 11.9. The van der Waals surface area contributed by atoms with Crippen LogP contribution in [0.3, 0.4) is 0 Å². The summed E-state index contributed by atoms with van der Waals surface area (Å²) in [6.07, 6.45) is 7.06. The third-order valence-electron chi connectivity index (χ3n) is 2.28. The fourth-order valence-electron chi connectivity index (χ4n) is 1.44. The summed E-state index contributed by atoms with van der Waals surface area (Å²) in [5.41, 5.74) is 1.07. The molecule has 0 spiro atoms. The molecule has 2 aromatic heterocycles. The molecule has 0 aliphatic heterocycles. The summed E-state index contributed by atoms with van der Waals surface area (Å²) in [5, 5.41) is 7.97. The molecule has 17 heavy (non-hydrogen) atoms. The first-order valence-corrected chi connectivity index (χ1v) is 7.21. The minimum atomic E-state index is -3.69. The van der Waals surface area contributed by atoms with Crippen LogP contribution >= 0.6 is 10.7 Å². The van der Waals surface area contributed by atoms with Crippen LogP contribution in [0, 0.1) is 0 Å². The fraction of sp³-hybridized carbons (Fsp3) is 0.333. The largest absolute Gasteiger partial charge is 0.276 e. The third-order valence-corrected chi connectivity index (χ3v) is 3.59. The van der Waals surface area contributed by atoms with Crippen molar-refractivity contribution in [3.05, 3.63) is 30.4 Å². The van der Waals surface area contributed by atoms with Gasteiger partial charge in [-0.1, -0.05) is 0 Å². The van der Waals surface area contributed by atoms with Gasteiger partial charge in [-0.05, 0) is 12.0 Å². The Balaban J connectivity index is 2.03. The molecule has 6 nitrogen and oxygen atoms in total. The maximum absolute atomic E-state index is 11.0. The van der Waals surface area contributed by atoms with Gasteiger partial charge in [0.1, 0.15) is 4.90 Å². The lowest BCUT2D eigenvalue weighted by Gasteiger charge is -1.98. The van der Waals surface area contributed by atoms with Crippen molar-refractivity contribution in [1.29, 1.82) is 0 Å². The highest BCUT2D eigenvalue weighted by Crippen LogP contribution is 2.13. The second kappa shape index (κ2) is 4.50. The van der Waals surface area contributed by atoms with Crippen molar-refractivity contribution >= 4 is 19.7 Å². The van der Waals surface area contributed by atoms with Crippen molar-refractivity contribution in [2.45, 2.75) is 17.9 Å². The van der Waals surface area contributed by atoms with Gasteiger partial charge in [-0.2, -0.15) is 10.2 Å². The molecule has 2 heterocycles. The van der Waals surface area contributed by atoms with Gasteiger partial charge in [0.2, 0.25) is 0 Å². The van der Waals surface area contributed by atoms with Gasteiger partial charge in [0.05, 0.1) is 12.4 Å². The van der Waals surface area contributed by atoms with Crippen LogP contribution < -0.4 is 0 Å². The van der Waals surface area contributed by atoms with Crippen LogP contribution in [-0.4, -0.2) is 28.0 Å². The Bertz CT molecular complexity index is 616. The number of nitrogens with zero attached hydrogens (tertiary/aromatic N) is 4. The zero-order valence-electron chi connectivity index (χ0n) is 9.12. The standard InChI is InChI=1S/C9H11ClN4O2S/c1-13-6-8(4-11-13)2-3-14-7-9(5-12-14)17(10,15)16/h4-7H,2-3H2,1H3. The van der Waals surface area contributed by atoms with E-state index in [-0.39, 0.29) is 4.90 Å². The van der Waals surface area contributed by atoms with E-state index in [0.29, 0.717) is 6.54 Å². The van der Waals surface area contributed by atoms with E-state index in [9.17, 15) is 8.42 Å². The zero-order valence-corrected chi connectivity index (χ0v) is 10.7. The molecule has 0 N–H and O–H groups in total. The molecule has 0 unspecified atom stereocenters. The molecule has 0 bridgehead atoms. The summed E-state index contributed by atoms with van der Waals surface area (Å²) in [7, 11) is 3.35. The summed E-state index contributed by atoms with van der Waals surface area (Å²) in [4.78, 5) is 0.0188. The molecular formula is C9H11ClN4O2S. The Morgan fingerprint density at radius 3 is 2.59 bits per heavy atom. The third kappa shape index (κ3) is 3.07. The molecule has 0 saturated carbocycles. The summed E-state index contributed by atoms with van der Waals surface area (Å²) in [5.74, 6) is 0. The highest BCUT2D eigenvalue weighted by molar-refractivity contribution is 8.13. The van der Waals surface area contributed by atoms with Gasteiger partial charge >= 0.3 is 0 Å². The fourth-order valence-corrected chi connectivity index (χ4v) is 2.10. The second-order valence-electron chi connectivity index (χ2n) is 3.65. The van der Waals surface area contributed by atoms with Gasteiger partial charge in [-0.25, -0.2) is 8.42 Å². The smallest absolute Gasteiger partial charge is 0.264 e. The van der Waals surface area contributed by atoms with E-state index in [0.717, 1.165) is 12.0 Å². The van der Waals surface area contributed by atoms with Crippen LogP contribution in [0.25, 0.3) is 0 Å². The minimum absolute atomic E-state index is 0.0188. The van der Waals surface area contributed by atoms with Gasteiger partial charge in [-0.15, -0.1) is 0 Å². The molecular weight excluding hydrogens is 264 g/mol. The Labute approximate surface area is 103 Å². The van der Waals surface area contributed by atoms with E-state index in [4.69, 9.17) is 10.7 Å². The molecule has 0 aliphatic rings. The van der Waals surface area contributed by atoms with Crippen LogP contribution in [0.4, 0.5) is 0 Å². The SMILES string of the molecule is Cn1cc(CCn2cc(S(=O)(=O)Cl)cn2)cn1. The first-order chi connectivity index (χ1) is 7.95. The Kier molecular flexibility index (Phi) is 3.21. The van der Waals surface area contributed by atoms with E-state index < -0.39 is 9.05 Å². The highest BCUT2D eigenvalue weighted by Gasteiger charge is 2.12. The quantitative estimate of drug-likeness (QED) is 0.773. The van der Waals surface area contributed by atoms with Gasteiger partial charge in [-0.3, -0.25) is 9.36 Å².